The number of rotatable bonds is 3. The quantitative estimate of drug-likeness (QED) is 0.404. The van der Waals surface area contributed by atoms with Gasteiger partial charge in [-0.3, -0.25) is 5.84 Å². The lowest BCUT2D eigenvalue weighted by molar-refractivity contribution is -0.458. The lowest BCUT2D eigenvalue weighted by Gasteiger charge is -2.04. The second-order valence-electron chi connectivity index (χ2n) is 1.63. The first kappa shape index (κ1) is 6.88. The first-order valence-electron chi connectivity index (χ1n) is 2.58. The molecule has 0 bridgehead atoms. The van der Waals surface area contributed by atoms with Crippen molar-refractivity contribution in [1.82, 2.24) is 11.0 Å². The summed E-state index contributed by atoms with van der Waals surface area (Å²) in [5, 5.41) is 0. The third-order valence-corrected chi connectivity index (χ3v) is 0.961. The summed E-state index contributed by atoms with van der Waals surface area (Å²) in [5.74, 6) is 3.41. The van der Waals surface area contributed by atoms with Crippen molar-refractivity contribution in [2.45, 2.75) is 26.3 Å². The second kappa shape index (κ2) is 4.05. The Kier molecular flexibility index (Phi) is 3.98. The molecule has 0 aromatic rings. The monoisotopic (exact) mass is 104 g/mol. The van der Waals surface area contributed by atoms with Crippen LogP contribution in [0.5, 0.6) is 0 Å². The van der Waals surface area contributed by atoms with E-state index in [1.54, 1.807) is 0 Å². The average molecular weight is 104 g/mol. The largest absolute Gasteiger partial charge is 0.266 e. The van der Waals surface area contributed by atoms with Gasteiger partial charge in [0.2, 0.25) is 0 Å². The van der Waals surface area contributed by atoms with E-state index in [-0.39, 0.29) is 0 Å². The fourth-order valence-electron chi connectivity index (χ4n) is 0.276. The number of hydrogen-bond acceptors (Lipinski definition) is 2. The summed E-state index contributed by atoms with van der Waals surface area (Å²) >= 11 is 0. The van der Waals surface area contributed by atoms with Crippen molar-refractivity contribution in [3.05, 3.63) is 0 Å². The lowest BCUT2D eigenvalue weighted by Crippen LogP contribution is -2.71. The van der Waals surface area contributed by atoms with E-state index in [1.807, 2.05) is 0 Å². The van der Waals surface area contributed by atoms with Crippen LogP contribution in [-0.2, 0) is 0 Å². The molecule has 3 nitrogen and oxygen atoms in total. The summed E-state index contributed by atoms with van der Waals surface area (Å²) in [6.45, 7) is 4.22. The highest BCUT2D eigenvalue weighted by Gasteiger charge is 1.91. The van der Waals surface area contributed by atoms with E-state index in [2.05, 4.69) is 30.7 Å². The van der Waals surface area contributed by atoms with Gasteiger partial charge in [-0.05, 0) is 13.3 Å². The number of quaternary nitrogens is 1. The first-order valence-corrected chi connectivity index (χ1v) is 2.58. The molecule has 0 heterocycles. The predicted molar refractivity (Wildman–Crippen MR) is 28.9 cm³/mol. The van der Waals surface area contributed by atoms with Gasteiger partial charge in [0.05, 0.1) is 0 Å². The standard InChI is InChI=1S/C4H13N3/c1-3-4(2)6-7-5/h4,6-7H,3,5H2,1-2H3/p+1. The Labute approximate surface area is 44.2 Å². The van der Waals surface area contributed by atoms with Crippen LogP contribution in [0.1, 0.15) is 20.3 Å². The molecule has 0 amide bonds. The number of nitrogens with one attached hydrogen (secondary N) is 2. The normalized spacial score (nSPS) is 14.1. The minimum atomic E-state index is 0.525. The molecule has 0 saturated heterocycles. The molecular weight excluding hydrogens is 90.1 g/mol. The summed E-state index contributed by atoms with van der Waals surface area (Å²) in [6.07, 6.45) is 1.13. The Morgan fingerprint density at radius 3 is 2.43 bits per heavy atom. The summed E-state index contributed by atoms with van der Waals surface area (Å²) in [7, 11) is 0. The first-order chi connectivity index (χ1) is 3.31. The van der Waals surface area contributed by atoms with E-state index in [0.717, 1.165) is 6.42 Å². The summed E-state index contributed by atoms with van der Waals surface area (Å²) < 4.78 is 0. The van der Waals surface area contributed by atoms with E-state index in [0.29, 0.717) is 6.04 Å². The zero-order chi connectivity index (χ0) is 5.70. The number of hydrazine groups is 1. The van der Waals surface area contributed by atoms with Gasteiger partial charge in [0.15, 0.2) is 0 Å². The molecule has 0 aromatic heterocycles. The van der Waals surface area contributed by atoms with E-state index in [1.165, 1.54) is 0 Å². The molecule has 1 atom stereocenters. The lowest BCUT2D eigenvalue weighted by atomic mass is 10.3. The molecule has 0 aliphatic carbocycles. The Bertz CT molecular complexity index is 37.9. The van der Waals surface area contributed by atoms with Crippen LogP contribution in [0.15, 0.2) is 0 Å². The van der Waals surface area contributed by atoms with Gasteiger partial charge in [-0.25, -0.2) is 5.43 Å². The third kappa shape index (κ3) is 3.72. The molecule has 0 saturated carbocycles. The summed E-state index contributed by atoms with van der Waals surface area (Å²) in [4.78, 5) is 0. The molecule has 5 N–H and O–H groups in total. The zero-order valence-corrected chi connectivity index (χ0v) is 4.99. The minimum absolute atomic E-state index is 0.525. The van der Waals surface area contributed by atoms with Crippen molar-refractivity contribution in [2.24, 2.45) is 0 Å². The van der Waals surface area contributed by atoms with Crippen LogP contribution in [0.25, 0.3) is 0 Å². The van der Waals surface area contributed by atoms with Crippen LogP contribution < -0.4 is 16.8 Å². The number of hydrogen-bond donors (Lipinski definition) is 3. The fourth-order valence-corrected chi connectivity index (χ4v) is 0.276. The summed E-state index contributed by atoms with van der Waals surface area (Å²) in [5.41, 5.74) is 5.55. The van der Waals surface area contributed by atoms with Gasteiger partial charge in [-0.2, -0.15) is 0 Å². The van der Waals surface area contributed by atoms with Crippen molar-refractivity contribution < 1.29 is 5.84 Å². The smallest absolute Gasteiger partial charge is 0.0230 e. The molecule has 0 aliphatic rings. The van der Waals surface area contributed by atoms with E-state index in [9.17, 15) is 0 Å². The third-order valence-electron chi connectivity index (χ3n) is 0.961. The fraction of sp³-hybridized carbons (Fsp3) is 1.00. The molecule has 1 unspecified atom stereocenters. The highest BCUT2D eigenvalue weighted by molar-refractivity contribution is 4.48. The maximum atomic E-state index is 3.41. The zero-order valence-electron chi connectivity index (χ0n) is 4.99. The molecule has 0 fully saturated rings. The highest BCUT2D eigenvalue weighted by Crippen LogP contribution is 1.81. The maximum Gasteiger partial charge on any atom is 0.0230 e. The van der Waals surface area contributed by atoms with Gasteiger partial charge in [0.1, 0.15) is 0 Å². The van der Waals surface area contributed by atoms with Crippen LogP contribution >= 0.6 is 0 Å². The van der Waals surface area contributed by atoms with Gasteiger partial charge < -0.3 is 0 Å². The van der Waals surface area contributed by atoms with E-state index >= 15 is 0 Å². The van der Waals surface area contributed by atoms with Gasteiger partial charge in [-0.15, -0.1) is 5.53 Å². The van der Waals surface area contributed by atoms with Gasteiger partial charge in [0, 0.05) is 6.04 Å². The molecule has 44 valence electrons. The molecule has 0 spiro atoms. The van der Waals surface area contributed by atoms with Gasteiger partial charge in [0.25, 0.3) is 0 Å². The molecule has 3 heteroatoms. The topological polar surface area (TPSA) is 51.7 Å². The van der Waals surface area contributed by atoms with Crippen LogP contribution in [0, 0.1) is 0 Å². The van der Waals surface area contributed by atoms with Crippen molar-refractivity contribution in [2.75, 3.05) is 0 Å². The molecule has 7 heavy (non-hydrogen) atoms. The Morgan fingerprint density at radius 1 is 1.71 bits per heavy atom. The van der Waals surface area contributed by atoms with Gasteiger partial charge in [-0.1, -0.05) is 6.92 Å². The van der Waals surface area contributed by atoms with Crippen molar-refractivity contribution in [1.29, 1.82) is 0 Å². The highest BCUT2D eigenvalue weighted by atomic mass is 15.5. The van der Waals surface area contributed by atoms with E-state index in [4.69, 9.17) is 0 Å². The molecule has 0 aliphatic heterocycles. The SMILES string of the molecule is CCC(C)NN[NH3+]. The molecule has 0 aromatic carbocycles. The average Bonchev–Trinajstić information content (AvgIpc) is 1.68. The predicted octanol–water partition coefficient (Wildman–Crippen LogP) is -0.964. The van der Waals surface area contributed by atoms with Crippen LogP contribution in [0.3, 0.4) is 0 Å². The van der Waals surface area contributed by atoms with Crippen molar-refractivity contribution in [3.8, 4) is 0 Å². The Balaban J connectivity index is 2.83. The maximum absolute atomic E-state index is 3.41. The summed E-state index contributed by atoms with van der Waals surface area (Å²) in [6, 6.07) is 0.525. The second-order valence-corrected chi connectivity index (χ2v) is 1.63. The van der Waals surface area contributed by atoms with Crippen molar-refractivity contribution >= 4 is 0 Å². The van der Waals surface area contributed by atoms with Crippen LogP contribution in [0.4, 0.5) is 0 Å². The van der Waals surface area contributed by atoms with Gasteiger partial charge >= 0.3 is 0 Å². The Hall–Kier alpha value is -0.120. The van der Waals surface area contributed by atoms with Crippen molar-refractivity contribution in [3.63, 3.8) is 0 Å². The van der Waals surface area contributed by atoms with Crippen LogP contribution in [0.2, 0.25) is 0 Å². The molecule has 0 rings (SSSR count). The Morgan fingerprint density at radius 2 is 2.29 bits per heavy atom. The molecule has 0 radical (unpaired) electrons. The minimum Gasteiger partial charge on any atom is -0.266 e. The van der Waals surface area contributed by atoms with Crippen LogP contribution in [-0.4, -0.2) is 6.04 Å². The van der Waals surface area contributed by atoms with E-state index < -0.39 is 0 Å². The molecular formula is C4H14N3+.